The zero-order chi connectivity index (χ0) is 31.3. The van der Waals surface area contributed by atoms with Crippen molar-refractivity contribution in [2.24, 2.45) is 5.92 Å². The van der Waals surface area contributed by atoms with Gasteiger partial charge in [-0.3, -0.25) is 4.72 Å². The van der Waals surface area contributed by atoms with Crippen LogP contribution < -0.4 is 14.8 Å². The number of fused-ring (bicyclic) bond motifs is 1. The molecule has 44 heavy (non-hydrogen) atoms. The number of urea groups is 1. The molecule has 2 amide bonds. The van der Waals surface area contributed by atoms with Gasteiger partial charge in [-0.15, -0.1) is 0 Å². The maximum atomic E-state index is 14.9. The van der Waals surface area contributed by atoms with Gasteiger partial charge in [0.15, 0.2) is 5.82 Å². The Morgan fingerprint density at radius 3 is 2.36 bits per heavy atom. The average molecular weight is 622 g/mol. The Morgan fingerprint density at radius 2 is 1.66 bits per heavy atom. The minimum absolute atomic E-state index is 0.00831. The highest BCUT2D eigenvalue weighted by Crippen LogP contribution is 2.30. The quantitative estimate of drug-likeness (QED) is 0.222. The van der Waals surface area contributed by atoms with Gasteiger partial charge in [0, 0.05) is 24.8 Å². The summed E-state index contributed by atoms with van der Waals surface area (Å²) in [5.41, 5.74) is 3.34. The summed E-state index contributed by atoms with van der Waals surface area (Å²) < 4.78 is 49.3. The van der Waals surface area contributed by atoms with E-state index >= 15 is 0 Å². The SMILES string of the molecule is CC(C)(C)c1ccc(NC(=O)N2Cc3ccc(S(=O)(=O)Nc4ccc(OCCCCC5CCCCC5)cc4F)cc3C2)cc1. The van der Waals surface area contributed by atoms with E-state index in [-0.39, 0.29) is 28.6 Å². The molecule has 1 heterocycles. The highest BCUT2D eigenvalue weighted by Gasteiger charge is 2.26. The molecule has 0 spiro atoms. The number of halogens is 1. The summed E-state index contributed by atoms with van der Waals surface area (Å²) in [7, 11) is -4.06. The summed E-state index contributed by atoms with van der Waals surface area (Å²) in [5.74, 6) is 0.511. The van der Waals surface area contributed by atoms with Crippen LogP contribution in [0.5, 0.6) is 5.75 Å². The van der Waals surface area contributed by atoms with E-state index in [1.807, 2.05) is 24.3 Å². The molecule has 2 N–H and O–H groups in total. The molecule has 0 unspecified atom stereocenters. The fourth-order valence-electron chi connectivity index (χ4n) is 6.01. The van der Waals surface area contributed by atoms with Crippen molar-refractivity contribution in [1.29, 1.82) is 0 Å². The zero-order valence-corrected chi connectivity index (χ0v) is 26.8. The second-order valence-electron chi connectivity index (χ2n) is 13.1. The van der Waals surface area contributed by atoms with E-state index in [0.29, 0.717) is 24.6 Å². The third kappa shape index (κ3) is 8.11. The maximum Gasteiger partial charge on any atom is 0.322 e. The molecule has 9 heteroatoms. The molecule has 3 aromatic carbocycles. The monoisotopic (exact) mass is 621 g/mol. The highest BCUT2D eigenvalue weighted by atomic mass is 32.2. The standard InChI is InChI=1S/C35H44FN3O4S/c1-35(2,3)28-13-15-29(16-14-28)37-34(40)39-23-26-12-18-31(21-27(26)24-39)44(41,42)38-33-19-17-30(22-32(33)36)43-20-8-7-11-25-9-5-4-6-10-25/h12-19,21-22,25,38H,4-11,20,23-24H2,1-3H3,(H,37,40). The van der Waals surface area contributed by atoms with Crippen LogP contribution in [-0.2, 0) is 28.5 Å². The minimum Gasteiger partial charge on any atom is -0.493 e. The summed E-state index contributed by atoms with van der Waals surface area (Å²) >= 11 is 0. The van der Waals surface area contributed by atoms with Crippen molar-refractivity contribution in [1.82, 2.24) is 4.90 Å². The van der Waals surface area contributed by atoms with Gasteiger partial charge in [0.2, 0.25) is 0 Å². The molecule has 1 aliphatic carbocycles. The molecule has 2 aliphatic rings. The van der Waals surface area contributed by atoms with Crippen molar-refractivity contribution in [2.45, 2.75) is 95.5 Å². The first-order valence-corrected chi connectivity index (χ1v) is 17.2. The van der Waals surface area contributed by atoms with Gasteiger partial charge in [0.1, 0.15) is 5.75 Å². The molecule has 0 aromatic heterocycles. The Balaban J connectivity index is 1.13. The van der Waals surface area contributed by atoms with Crippen LogP contribution in [0.3, 0.4) is 0 Å². The van der Waals surface area contributed by atoms with E-state index in [1.165, 1.54) is 62.3 Å². The van der Waals surface area contributed by atoms with Crippen molar-refractivity contribution in [3.63, 3.8) is 0 Å². The van der Waals surface area contributed by atoms with Crippen LogP contribution in [0.2, 0.25) is 0 Å². The number of nitrogens with one attached hydrogen (secondary N) is 2. The fourth-order valence-corrected chi connectivity index (χ4v) is 7.13. The lowest BCUT2D eigenvalue weighted by atomic mass is 9.86. The highest BCUT2D eigenvalue weighted by molar-refractivity contribution is 7.92. The summed E-state index contributed by atoms with van der Waals surface area (Å²) in [4.78, 5) is 14.6. The third-order valence-electron chi connectivity index (χ3n) is 8.68. The average Bonchev–Trinajstić information content (AvgIpc) is 3.43. The van der Waals surface area contributed by atoms with Crippen LogP contribution >= 0.6 is 0 Å². The Labute approximate surface area is 261 Å². The number of hydrogen-bond donors (Lipinski definition) is 2. The Kier molecular flexibility index (Phi) is 9.83. The number of anilines is 2. The number of carbonyl (C=O) groups excluding carboxylic acids is 1. The Morgan fingerprint density at radius 1 is 0.932 bits per heavy atom. The van der Waals surface area contributed by atoms with Gasteiger partial charge < -0.3 is 15.0 Å². The number of unbranched alkanes of at least 4 members (excludes halogenated alkanes) is 1. The molecule has 0 radical (unpaired) electrons. The van der Waals surface area contributed by atoms with Gasteiger partial charge in [-0.25, -0.2) is 17.6 Å². The molecule has 3 aromatic rings. The third-order valence-corrected chi connectivity index (χ3v) is 10.0. The number of carbonyl (C=O) groups is 1. The summed E-state index contributed by atoms with van der Waals surface area (Å²) in [6.45, 7) is 7.54. The number of hydrogen-bond acceptors (Lipinski definition) is 4. The number of benzene rings is 3. The molecule has 236 valence electrons. The lowest BCUT2D eigenvalue weighted by molar-refractivity contribution is 0.212. The van der Waals surface area contributed by atoms with Gasteiger partial charge in [0.25, 0.3) is 10.0 Å². The lowest BCUT2D eigenvalue weighted by Gasteiger charge is -2.21. The topological polar surface area (TPSA) is 87.7 Å². The summed E-state index contributed by atoms with van der Waals surface area (Å²) in [6, 6.07) is 16.4. The number of amides is 2. The van der Waals surface area contributed by atoms with Crippen molar-refractivity contribution in [2.75, 3.05) is 16.6 Å². The maximum absolute atomic E-state index is 14.9. The lowest BCUT2D eigenvalue weighted by Crippen LogP contribution is -2.30. The molecule has 1 fully saturated rings. The van der Waals surface area contributed by atoms with Crippen LogP contribution in [-0.4, -0.2) is 26.0 Å². The van der Waals surface area contributed by atoms with Crippen LogP contribution in [0.4, 0.5) is 20.6 Å². The largest absolute Gasteiger partial charge is 0.493 e. The molecule has 0 bridgehead atoms. The molecule has 0 saturated heterocycles. The van der Waals surface area contributed by atoms with Gasteiger partial charge in [-0.05, 0) is 77.3 Å². The molecule has 1 aliphatic heterocycles. The van der Waals surface area contributed by atoms with Gasteiger partial charge in [0.05, 0.1) is 17.2 Å². The smallest absolute Gasteiger partial charge is 0.322 e. The van der Waals surface area contributed by atoms with E-state index in [1.54, 1.807) is 23.1 Å². The van der Waals surface area contributed by atoms with E-state index < -0.39 is 15.8 Å². The normalized spacial score (nSPS) is 15.6. The first-order valence-electron chi connectivity index (χ1n) is 15.7. The van der Waals surface area contributed by atoms with Crippen molar-refractivity contribution in [3.05, 3.63) is 83.2 Å². The minimum atomic E-state index is -4.06. The number of nitrogens with zero attached hydrogens (tertiary/aromatic N) is 1. The first kappa shape index (κ1) is 31.8. The molecule has 0 atom stereocenters. The van der Waals surface area contributed by atoms with Crippen molar-refractivity contribution in [3.8, 4) is 5.75 Å². The second-order valence-corrected chi connectivity index (χ2v) is 14.8. The van der Waals surface area contributed by atoms with Crippen molar-refractivity contribution < 1.29 is 22.3 Å². The molecular formula is C35H44FN3O4S. The van der Waals surface area contributed by atoms with Crippen molar-refractivity contribution >= 4 is 27.4 Å². The number of sulfonamides is 1. The predicted molar refractivity (Wildman–Crippen MR) is 173 cm³/mol. The van der Waals surface area contributed by atoms with E-state index in [4.69, 9.17) is 4.74 Å². The summed E-state index contributed by atoms with van der Waals surface area (Å²) in [5, 5.41) is 2.92. The molecule has 1 saturated carbocycles. The first-order chi connectivity index (χ1) is 21.0. The van der Waals surface area contributed by atoms with Crippen LogP contribution in [0.15, 0.2) is 65.6 Å². The Bertz CT molecular complexity index is 1560. The van der Waals surface area contributed by atoms with E-state index in [2.05, 4.69) is 30.8 Å². The molecule has 7 nitrogen and oxygen atoms in total. The van der Waals surface area contributed by atoms with Crippen LogP contribution in [0.25, 0.3) is 0 Å². The molecule has 5 rings (SSSR count). The fraction of sp³-hybridized carbons (Fsp3) is 0.457. The van der Waals surface area contributed by atoms with Gasteiger partial charge in [-0.1, -0.05) is 77.5 Å². The molecular weight excluding hydrogens is 577 g/mol. The van der Waals surface area contributed by atoms with Crippen LogP contribution in [0, 0.1) is 11.7 Å². The number of rotatable bonds is 10. The Hall–Kier alpha value is -3.59. The van der Waals surface area contributed by atoms with Crippen LogP contribution in [0.1, 0.15) is 88.8 Å². The predicted octanol–water partition coefficient (Wildman–Crippen LogP) is 8.60. The second kappa shape index (κ2) is 13.6. The van der Waals surface area contributed by atoms with Gasteiger partial charge in [-0.2, -0.15) is 0 Å². The summed E-state index contributed by atoms with van der Waals surface area (Å²) in [6.07, 6.45) is 9.93. The number of ether oxygens (including phenoxy) is 1. The van der Waals surface area contributed by atoms with E-state index in [9.17, 15) is 17.6 Å². The van der Waals surface area contributed by atoms with E-state index in [0.717, 1.165) is 29.9 Å². The van der Waals surface area contributed by atoms with Gasteiger partial charge >= 0.3 is 6.03 Å². The zero-order valence-electron chi connectivity index (χ0n) is 26.0.